The quantitative estimate of drug-likeness (QED) is 0.474. The molecule has 0 unspecified atom stereocenters. The number of hydrogen-bond acceptors (Lipinski definition) is 2. The summed E-state index contributed by atoms with van der Waals surface area (Å²) in [5.74, 6) is 0.808. The molecule has 0 radical (unpaired) electrons. The van der Waals surface area contributed by atoms with Crippen molar-refractivity contribution < 1.29 is 0 Å². The summed E-state index contributed by atoms with van der Waals surface area (Å²) in [4.78, 5) is 4.17. The molecule has 3 N–H and O–H groups in total. The van der Waals surface area contributed by atoms with Gasteiger partial charge in [0.2, 0.25) is 0 Å². The molecule has 0 heterocycles. The summed E-state index contributed by atoms with van der Waals surface area (Å²) >= 11 is 0. The van der Waals surface area contributed by atoms with E-state index in [0.717, 1.165) is 17.9 Å². The summed E-state index contributed by atoms with van der Waals surface area (Å²) in [6.45, 7) is 6.88. The standard InChI is InChI=1S/C15H21N3/c1-12(2)9-13(3)15(18-11-16)17-10-14-7-5-4-6-8-14/h4-9,11,17H,10H2,1-3H3,(H2,16,18)/b15-13+. The molecule has 0 spiro atoms. The molecule has 0 fully saturated rings. The van der Waals surface area contributed by atoms with Crippen LogP contribution in [0.15, 0.2) is 58.4 Å². The molecule has 0 aliphatic rings. The Balaban J connectivity index is 2.79. The zero-order valence-corrected chi connectivity index (χ0v) is 11.3. The molecule has 0 aliphatic carbocycles. The van der Waals surface area contributed by atoms with Gasteiger partial charge in [-0.25, -0.2) is 4.99 Å². The third-order valence-electron chi connectivity index (χ3n) is 2.39. The number of nitrogens with zero attached hydrogens (tertiary/aromatic N) is 1. The number of rotatable bonds is 5. The average Bonchev–Trinajstić information content (AvgIpc) is 2.34. The fourth-order valence-electron chi connectivity index (χ4n) is 1.64. The van der Waals surface area contributed by atoms with Crippen LogP contribution in [-0.2, 0) is 6.54 Å². The molecule has 0 amide bonds. The lowest BCUT2D eigenvalue weighted by Crippen LogP contribution is -2.13. The van der Waals surface area contributed by atoms with Crippen LogP contribution in [0.5, 0.6) is 0 Å². The summed E-state index contributed by atoms with van der Waals surface area (Å²) in [5.41, 5.74) is 8.91. The Morgan fingerprint density at radius 1 is 1.22 bits per heavy atom. The van der Waals surface area contributed by atoms with E-state index in [0.29, 0.717) is 0 Å². The van der Waals surface area contributed by atoms with Crippen molar-refractivity contribution >= 4 is 6.34 Å². The zero-order chi connectivity index (χ0) is 13.4. The van der Waals surface area contributed by atoms with Crippen LogP contribution in [0.1, 0.15) is 26.3 Å². The topological polar surface area (TPSA) is 50.4 Å². The van der Waals surface area contributed by atoms with Gasteiger partial charge in [0.1, 0.15) is 5.82 Å². The maximum absolute atomic E-state index is 5.38. The van der Waals surface area contributed by atoms with E-state index in [1.54, 1.807) is 0 Å². The normalized spacial score (nSPS) is 12.2. The van der Waals surface area contributed by atoms with Gasteiger partial charge in [0, 0.05) is 6.54 Å². The van der Waals surface area contributed by atoms with E-state index >= 15 is 0 Å². The molecular weight excluding hydrogens is 222 g/mol. The largest absolute Gasteiger partial charge is 0.390 e. The van der Waals surface area contributed by atoms with E-state index in [2.05, 4.69) is 42.4 Å². The molecule has 0 saturated heterocycles. The molecule has 0 atom stereocenters. The third-order valence-corrected chi connectivity index (χ3v) is 2.39. The summed E-state index contributed by atoms with van der Waals surface area (Å²) in [6.07, 6.45) is 3.40. The maximum Gasteiger partial charge on any atom is 0.130 e. The molecule has 0 saturated carbocycles. The van der Waals surface area contributed by atoms with E-state index in [9.17, 15) is 0 Å². The van der Waals surface area contributed by atoms with Gasteiger partial charge in [-0.05, 0) is 31.9 Å². The molecular formula is C15H21N3. The number of nitrogens with one attached hydrogen (secondary N) is 1. The molecule has 0 aromatic heterocycles. The highest BCUT2D eigenvalue weighted by atomic mass is 15.0. The molecule has 1 aromatic carbocycles. The van der Waals surface area contributed by atoms with Gasteiger partial charge in [0.05, 0.1) is 6.34 Å². The van der Waals surface area contributed by atoms with Crippen LogP contribution in [0.4, 0.5) is 0 Å². The number of aliphatic imine (C=N–C) groups is 1. The molecule has 96 valence electrons. The maximum atomic E-state index is 5.38. The van der Waals surface area contributed by atoms with E-state index in [1.807, 2.05) is 25.1 Å². The van der Waals surface area contributed by atoms with Crippen molar-refractivity contribution in [3.8, 4) is 0 Å². The average molecular weight is 243 g/mol. The lowest BCUT2D eigenvalue weighted by molar-refractivity contribution is 0.791. The van der Waals surface area contributed by atoms with Crippen molar-refractivity contribution in [2.24, 2.45) is 10.7 Å². The van der Waals surface area contributed by atoms with Crippen molar-refractivity contribution in [3.63, 3.8) is 0 Å². The fourth-order valence-corrected chi connectivity index (χ4v) is 1.64. The second-order valence-corrected chi connectivity index (χ2v) is 4.37. The first-order valence-electron chi connectivity index (χ1n) is 6.01. The van der Waals surface area contributed by atoms with Crippen LogP contribution >= 0.6 is 0 Å². The van der Waals surface area contributed by atoms with Gasteiger partial charge in [-0.1, -0.05) is 42.0 Å². The number of nitrogens with two attached hydrogens (primary N) is 1. The number of allylic oxidation sites excluding steroid dienone is 3. The SMILES string of the molecule is CC(C)=C/C(C)=C(/N=C\N)NCc1ccccc1. The first-order valence-corrected chi connectivity index (χ1v) is 6.01. The van der Waals surface area contributed by atoms with E-state index in [1.165, 1.54) is 17.5 Å². The van der Waals surface area contributed by atoms with Crippen LogP contribution in [0, 0.1) is 0 Å². The minimum Gasteiger partial charge on any atom is -0.390 e. The Morgan fingerprint density at radius 2 is 1.89 bits per heavy atom. The summed E-state index contributed by atoms with van der Waals surface area (Å²) in [7, 11) is 0. The Hall–Kier alpha value is -2.03. The van der Waals surface area contributed by atoms with Crippen molar-refractivity contribution in [2.75, 3.05) is 0 Å². The van der Waals surface area contributed by atoms with Gasteiger partial charge in [0.15, 0.2) is 0 Å². The third kappa shape index (κ3) is 4.87. The second kappa shape index (κ2) is 7.33. The molecule has 0 bridgehead atoms. The lowest BCUT2D eigenvalue weighted by atomic mass is 10.2. The monoisotopic (exact) mass is 243 g/mol. The molecule has 0 aliphatic heterocycles. The highest BCUT2D eigenvalue weighted by Gasteiger charge is 1.99. The van der Waals surface area contributed by atoms with Crippen molar-refractivity contribution in [2.45, 2.75) is 27.3 Å². The van der Waals surface area contributed by atoms with Crippen LogP contribution in [-0.4, -0.2) is 6.34 Å². The Labute approximate surface area is 109 Å². The van der Waals surface area contributed by atoms with Crippen molar-refractivity contribution in [1.29, 1.82) is 0 Å². The van der Waals surface area contributed by atoms with Crippen LogP contribution in [0.25, 0.3) is 0 Å². The van der Waals surface area contributed by atoms with Gasteiger partial charge in [-0.3, -0.25) is 0 Å². The van der Waals surface area contributed by atoms with Crippen LogP contribution < -0.4 is 11.1 Å². The van der Waals surface area contributed by atoms with Crippen LogP contribution in [0.2, 0.25) is 0 Å². The first-order chi connectivity index (χ1) is 8.63. The van der Waals surface area contributed by atoms with Gasteiger partial charge in [-0.2, -0.15) is 0 Å². The minimum atomic E-state index is 0.738. The van der Waals surface area contributed by atoms with Gasteiger partial charge >= 0.3 is 0 Å². The highest BCUT2D eigenvalue weighted by Crippen LogP contribution is 2.08. The Bertz CT molecular complexity index is 452. The van der Waals surface area contributed by atoms with E-state index < -0.39 is 0 Å². The Morgan fingerprint density at radius 3 is 2.44 bits per heavy atom. The van der Waals surface area contributed by atoms with Crippen LogP contribution in [0.3, 0.4) is 0 Å². The smallest absolute Gasteiger partial charge is 0.130 e. The molecule has 18 heavy (non-hydrogen) atoms. The summed E-state index contributed by atoms with van der Waals surface area (Å²) in [5, 5.41) is 3.30. The zero-order valence-electron chi connectivity index (χ0n) is 11.3. The predicted octanol–water partition coefficient (Wildman–Crippen LogP) is 2.96. The number of hydrogen-bond donors (Lipinski definition) is 2. The van der Waals surface area contributed by atoms with Crippen molar-refractivity contribution in [3.05, 3.63) is 58.9 Å². The highest BCUT2D eigenvalue weighted by molar-refractivity contribution is 5.53. The first kappa shape index (κ1) is 14.0. The molecule has 3 heteroatoms. The fraction of sp³-hybridized carbons (Fsp3) is 0.267. The summed E-state index contributed by atoms with van der Waals surface area (Å²) < 4.78 is 0. The second-order valence-electron chi connectivity index (χ2n) is 4.37. The predicted molar refractivity (Wildman–Crippen MR) is 78.1 cm³/mol. The number of benzene rings is 1. The lowest BCUT2D eigenvalue weighted by Gasteiger charge is -2.09. The minimum absolute atomic E-state index is 0.738. The van der Waals surface area contributed by atoms with E-state index in [-0.39, 0.29) is 0 Å². The molecule has 1 rings (SSSR count). The molecule has 1 aromatic rings. The van der Waals surface area contributed by atoms with Crippen molar-refractivity contribution in [1.82, 2.24) is 5.32 Å². The van der Waals surface area contributed by atoms with Gasteiger partial charge < -0.3 is 11.1 Å². The van der Waals surface area contributed by atoms with Gasteiger partial charge in [0.25, 0.3) is 0 Å². The van der Waals surface area contributed by atoms with Gasteiger partial charge in [-0.15, -0.1) is 0 Å². The molecule has 3 nitrogen and oxygen atoms in total. The van der Waals surface area contributed by atoms with E-state index in [4.69, 9.17) is 5.73 Å². The summed E-state index contributed by atoms with van der Waals surface area (Å²) in [6, 6.07) is 10.2. The Kier molecular flexibility index (Phi) is 5.71.